The summed E-state index contributed by atoms with van der Waals surface area (Å²) >= 11 is 0. The van der Waals surface area contributed by atoms with Crippen LogP contribution in [0.4, 0.5) is 0 Å². The molecule has 0 bridgehead atoms. The van der Waals surface area contributed by atoms with Gasteiger partial charge in [0.25, 0.3) is 0 Å². The second-order valence-electron chi connectivity index (χ2n) is 0.500. The summed E-state index contributed by atoms with van der Waals surface area (Å²) in [5, 5.41) is 0. The standard InChI is InChI=1S/C2H7P.33BH3/c1-3-2;;;;;;;;;;;;;;;;;;;;;;;;;;;;;;;;;/h3H,1-2H3;33*1H3. The van der Waals surface area contributed by atoms with Gasteiger partial charge in [0, 0.05) is 0 Å². The van der Waals surface area contributed by atoms with E-state index in [1.807, 2.05) is 0 Å². The minimum Gasteiger partial charge on any atom is -0.129 e. The first kappa shape index (κ1) is 2600. The van der Waals surface area contributed by atoms with Crippen LogP contribution >= 0.6 is 8.58 Å². The lowest BCUT2D eigenvalue weighted by atomic mass is 10.8. The Hall–Kier alpha value is 2.57. The molecule has 36 heavy (non-hydrogen) atoms. The van der Waals surface area contributed by atoms with Gasteiger partial charge in [0.2, 0.25) is 0 Å². The molecular formula is C2H106B33P. The van der Waals surface area contributed by atoms with Crippen LogP contribution < -0.4 is 0 Å². The van der Waals surface area contributed by atoms with Gasteiger partial charge < -0.3 is 0 Å². The van der Waals surface area contributed by atoms with Crippen molar-refractivity contribution in [2.24, 2.45) is 0 Å². The third-order valence-electron chi connectivity index (χ3n) is 0. The first-order valence-electron chi connectivity index (χ1n) is 1.00. The average Bonchev–Trinajstić information content (AvgIpc) is 0.918. The fraction of sp³-hybridized carbons (Fsp3) is 1.00. The lowest BCUT2D eigenvalue weighted by molar-refractivity contribution is 2.32. The molecule has 0 aliphatic carbocycles. The van der Waals surface area contributed by atoms with Crippen molar-refractivity contribution in [2.45, 2.75) is 0 Å². The van der Waals surface area contributed by atoms with Crippen molar-refractivity contribution in [1.29, 1.82) is 0 Å². The molecule has 0 saturated heterocycles. The van der Waals surface area contributed by atoms with E-state index in [0.29, 0.717) is 0 Å². The summed E-state index contributed by atoms with van der Waals surface area (Å²) in [5.74, 6) is 0. The van der Waals surface area contributed by atoms with Crippen LogP contribution in [0, 0.1) is 0 Å². The molecule has 0 aliphatic heterocycles. The Bertz CT molecular complexity index is 17.7. The highest BCUT2D eigenvalue weighted by atomic mass is 31.1. The first-order chi connectivity index (χ1) is 1.41. The Morgan fingerprint density at radius 3 is 0.139 bits per heavy atom. The van der Waals surface area contributed by atoms with Gasteiger partial charge in [0.1, 0.15) is 0 Å². The molecule has 0 nitrogen and oxygen atoms in total. The number of hydrogen-bond acceptors (Lipinski definition) is 0. The first-order valence-corrected chi connectivity index (χ1v) is 3.00. The van der Waals surface area contributed by atoms with E-state index in [2.05, 4.69) is 13.3 Å². The van der Waals surface area contributed by atoms with E-state index in [1.165, 1.54) is 0 Å². The zero-order valence-electron chi connectivity index (χ0n) is 2.50. The quantitative estimate of drug-likeness (QED) is 0.221. The Morgan fingerprint density at radius 1 is 0.139 bits per heavy atom. The van der Waals surface area contributed by atoms with Gasteiger partial charge in [-0.25, -0.2) is 0 Å². The highest BCUT2D eigenvalue weighted by Gasteiger charge is 1.33. The van der Waals surface area contributed by atoms with Crippen LogP contribution in [0.15, 0.2) is 0 Å². The highest BCUT2D eigenvalue weighted by molar-refractivity contribution is 7.35. The maximum atomic E-state index is 2.15. The highest BCUT2D eigenvalue weighted by Crippen LogP contribution is 1.84. The number of rotatable bonds is 0. The van der Waals surface area contributed by atoms with Crippen molar-refractivity contribution < 1.29 is 0 Å². The minimum absolute atomic E-state index is 0. The normalized spacial score (nSPS) is 0.500. The van der Waals surface area contributed by atoms with Gasteiger partial charge in [-0.15, -0.1) is 8.58 Å². The molecule has 0 fully saturated rings. The van der Waals surface area contributed by atoms with E-state index in [1.54, 1.807) is 0 Å². The minimum atomic E-state index is 0. The Kier molecular flexibility index (Phi) is 285000. The van der Waals surface area contributed by atoms with Crippen molar-refractivity contribution in [3.63, 3.8) is 0 Å². The fourth-order valence-corrected chi connectivity index (χ4v) is 0. The van der Waals surface area contributed by atoms with Crippen molar-refractivity contribution in [3.8, 4) is 0 Å². The largest absolute Gasteiger partial charge is 0.129 e. The topological polar surface area (TPSA) is 0 Å². The summed E-state index contributed by atoms with van der Waals surface area (Å²) in [5.41, 5.74) is 0. The molecule has 34 heteroatoms. The predicted molar refractivity (Wildman–Crippen MR) is 348 cm³/mol. The van der Waals surface area contributed by atoms with Gasteiger partial charge in [0.05, 0.1) is 278 Å². The molecule has 0 spiro atoms. The van der Waals surface area contributed by atoms with Crippen LogP contribution in [-0.4, -0.2) is 291 Å². The molecule has 0 aliphatic rings. The maximum absolute atomic E-state index is 2.15. The zero-order valence-corrected chi connectivity index (χ0v) is 3.50. The molecule has 0 N–H and O–H groups in total. The Balaban J connectivity index is -0.0000000000379. The van der Waals surface area contributed by atoms with E-state index in [9.17, 15) is 0 Å². The third-order valence-corrected chi connectivity index (χ3v) is 0. The lowest BCUT2D eigenvalue weighted by Gasteiger charge is -1.50. The third kappa shape index (κ3) is 6990. The molecule has 0 rings (SSSR count). The molecule has 0 aromatic rings. The van der Waals surface area contributed by atoms with Gasteiger partial charge >= 0.3 is 0 Å². The molecule has 0 atom stereocenters. The molecule has 0 saturated carbocycles. The molecule has 0 amide bonds. The molecule has 0 aromatic carbocycles. The SMILES string of the molecule is B.B.B.B.B.B.B.B.B.B.B.B.B.B.B.B.B.B.B.B.B.B.B.B.B.B.B.B.B.B.B.B.B.CPC. The van der Waals surface area contributed by atoms with Crippen LogP contribution in [0.5, 0.6) is 0 Å². The zero-order chi connectivity index (χ0) is 2.71. The molecule has 0 radical (unpaired) electrons. The summed E-state index contributed by atoms with van der Waals surface area (Å²) in [7, 11) is 1.08. The fourth-order valence-electron chi connectivity index (χ4n) is 0. The molecule has 0 heterocycles. The second kappa shape index (κ2) is 3940. The molecule has 0 aromatic heterocycles. The van der Waals surface area contributed by atoms with E-state index in [4.69, 9.17) is 0 Å². The summed E-state index contributed by atoms with van der Waals surface area (Å²) < 4.78 is 0. The van der Waals surface area contributed by atoms with Crippen LogP contribution in [0.25, 0.3) is 0 Å². The summed E-state index contributed by atoms with van der Waals surface area (Å²) in [4.78, 5) is 0. The van der Waals surface area contributed by atoms with E-state index >= 15 is 0 Å². The van der Waals surface area contributed by atoms with E-state index < -0.39 is 0 Å². The van der Waals surface area contributed by atoms with Crippen molar-refractivity contribution in [2.75, 3.05) is 13.3 Å². The maximum Gasteiger partial charge on any atom is 0.0814 e. The van der Waals surface area contributed by atoms with Crippen molar-refractivity contribution in [3.05, 3.63) is 0 Å². The smallest absolute Gasteiger partial charge is 0.0814 e. The Labute approximate surface area is 298 Å². The van der Waals surface area contributed by atoms with Gasteiger partial charge in [0.15, 0.2) is 0 Å². The van der Waals surface area contributed by atoms with Crippen LogP contribution in [-0.2, 0) is 0 Å². The van der Waals surface area contributed by atoms with Crippen LogP contribution in [0.3, 0.4) is 0 Å². The molecule has 0 unspecified atom stereocenters. The van der Waals surface area contributed by atoms with Gasteiger partial charge in [-0.05, 0) is 13.3 Å². The average molecular weight is 519 g/mol. The van der Waals surface area contributed by atoms with Gasteiger partial charge in [-0.3, -0.25) is 0 Å². The van der Waals surface area contributed by atoms with Crippen LogP contribution in [0.1, 0.15) is 0 Å². The van der Waals surface area contributed by atoms with Crippen molar-refractivity contribution in [1.82, 2.24) is 0 Å². The van der Waals surface area contributed by atoms with Gasteiger partial charge in [-0.2, -0.15) is 0 Å². The lowest BCUT2D eigenvalue weighted by Crippen LogP contribution is -1.18. The van der Waals surface area contributed by atoms with E-state index in [-0.39, 0.29) is 278 Å². The molecule has 218 valence electrons. The predicted octanol–water partition coefficient (Wildman–Crippen LogP) is -38.1. The molecular weight excluding hydrogens is 412 g/mol. The monoisotopic (exact) mass is 525 g/mol. The number of hydrogen-bond donors (Lipinski definition) is 0. The van der Waals surface area contributed by atoms with Crippen molar-refractivity contribution >= 4 is 286 Å². The van der Waals surface area contributed by atoms with Crippen LogP contribution in [0.2, 0.25) is 0 Å². The Morgan fingerprint density at radius 2 is 0.139 bits per heavy atom. The summed E-state index contributed by atoms with van der Waals surface area (Å²) in [6.07, 6.45) is 0. The second-order valence-corrected chi connectivity index (χ2v) is 1.50. The summed E-state index contributed by atoms with van der Waals surface area (Å²) in [6.45, 7) is 4.31. The van der Waals surface area contributed by atoms with E-state index in [0.717, 1.165) is 8.58 Å². The van der Waals surface area contributed by atoms with Gasteiger partial charge in [-0.1, -0.05) is 0 Å². The summed E-state index contributed by atoms with van der Waals surface area (Å²) in [6, 6.07) is 0.